The van der Waals surface area contributed by atoms with E-state index in [1.54, 1.807) is 6.92 Å². The van der Waals surface area contributed by atoms with E-state index in [9.17, 15) is 4.79 Å². The van der Waals surface area contributed by atoms with Crippen LogP contribution in [-0.2, 0) is 9.53 Å². The number of hydrogen-bond acceptors (Lipinski definition) is 3. The Bertz CT molecular complexity index is 167. The van der Waals surface area contributed by atoms with Gasteiger partial charge in [-0.2, -0.15) is 0 Å². The molecule has 0 aromatic rings. The van der Waals surface area contributed by atoms with Crippen molar-refractivity contribution < 1.29 is 14.6 Å². The molecule has 0 bridgehead atoms. The third-order valence-electron chi connectivity index (χ3n) is 2.40. The maximum Gasteiger partial charge on any atom is 0.220 e. The highest BCUT2D eigenvalue weighted by molar-refractivity contribution is 5.75. The molecule has 2 atom stereocenters. The molecule has 2 unspecified atom stereocenters. The number of nitrogens with one attached hydrogen (secondary N) is 1. The van der Waals surface area contributed by atoms with E-state index in [0.29, 0.717) is 13.0 Å². The molecule has 2 N–H and O–H groups in total. The first-order valence-electron chi connectivity index (χ1n) is 5.76. The van der Waals surface area contributed by atoms with Crippen molar-refractivity contribution in [2.24, 2.45) is 5.92 Å². The lowest BCUT2D eigenvalue weighted by Crippen LogP contribution is -2.42. The number of ether oxygens (including phenoxy) is 1. The maximum absolute atomic E-state index is 11.1. The molecule has 1 rings (SSSR count). The van der Waals surface area contributed by atoms with Gasteiger partial charge >= 0.3 is 0 Å². The molecule has 1 aliphatic rings. The number of rotatable bonds is 4. The number of aliphatic hydroxyl groups is 1. The molecule has 0 spiro atoms. The minimum atomic E-state index is -0.130. The monoisotopic (exact) mass is 217 g/mol. The maximum atomic E-state index is 11.1. The van der Waals surface area contributed by atoms with Crippen LogP contribution in [0.2, 0.25) is 0 Å². The van der Waals surface area contributed by atoms with Crippen LogP contribution in [0.3, 0.4) is 0 Å². The van der Waals surface area contributed by atoms with Crippen LogP contribution >= 0.6 is 0 Å². The summed E-state index contributed by atoms with van der Waals surface area (Å²) in [6, 6.07) is -0.130. The molecule has 1 heterocycles. The second-order valence-corrected chi connectivity index (χ2v) is 3.33. The van der Waals surface area contributed by atoms with E-state index in [0.717, 1.165) is 13.0 Å². The van der Waals surface area contributed by atoms with Gasteiger partial charge in [0.1, 0.15) is 0 Å². The Morgan fingerprint density at radius 2 is 2.27 bits per heavy atom. The molecule has 0 saturated carbocycles. The SMILES string of the molecule is CC.CCC(=O)NC(CO)C1CCOC1. The van der Waals surface area contributed by atoms with Gasteiger partial charge in [0, 0.05) is 18.9 Å². The Kier molecular flexibility index (Phi) is 8.33. The minimum absolute atomic E-state index is 0.000231. The minimum Gasteiger partial charge on any atom is -0.394 e. The topological polar surface area (TPSA) is 58.6 Å². The summed E-state index contributed by atoms with van der Waals surface area (Å²) >= 11 is 0. The lowest BCUT2D eigenvalue weighted by Gasteiger charge is -2.20. The number of carbonyl (C=O) groups excluding carboxylic acids is 1. The summed E-state index contributed by atoms with van der Waals surface area (Å²) in [5.41, 5.74) is 0. The third-order valence-corrected chi connectivity index (χ3v) is 2.40. The molecule has 1 fully saturated rings. The number of hydrogen-bond donors (Lipinski definition) is 2. The van der Waals surface area contributed by atoms with Gasteiger partial charge in [-0.05, 0) is 6.42 Å². The summed E-state index contributed by atoms with van der Waals surface area (Å²) in [5, 5.41) is 11.8. The highest BCUT2D eigenvalue weighted by Gasteiger charge is 2.25. The van der Waals surface area contributed by atoms with Crippen molar-refractivity contribution >= 4 is 5.91 Å². The fraction of sp³-hybridized carbons (Fsp3) is 0.909. The molecule has 15 heavy (non-hydrogen) atoms. The molecule has 1 saturated heterocycles. The molecule has 0 aliphatic carbocycles. The molecule has 4 heteroatoms. The van der Waals surface area contributed by atoms with Gasteiger partial charge in [-0.3, -0.25) is 4.79 Å². The van der Waals surface area contributed by atoms with Gasteiger partial charge in [-0.1, -0.05) is 20.8 Å². The van der Waals surface area contributed by atoms with Crippen molar-refractivity contribution in [1.82, 2.24) is 5.32 Å². The number of carbonyl (C=O) groups is 1. The average molecular weight is 217 g/mol. The van der Waals surface area contributed by atoms with Crippen LogP contribution in [0.25, 0.3) is 0 Å². The first-order valence-corrected chi connectivity index (χ1v) is 5.76. The summed E-state index contributed by atoms with van der Waals surface area (Å²) in [6.07, 6.45) is 1.39. The van der Waals surface area contributed by atoms with Crippen molar-refractivity contribution in [2.45, 2.75) is 39.7 Å². The predicted octanol–water partition coefficient (Wildman–Crippen LogP) is 0.936. The smallest absolute Gasteiger partial charge is 0.220 e. The second-order valence-electron chi connectivity index (χ2n) is 3.33. The number of aliphatic hydroxyl groups excluding tert-OH is 1. The zero-order valence-electron chi connectivity index (χ0n) is 9.95. The first-order chi connectivity index (χ1) is 7.27. The van der Waals surface area contributed by atoms with E-state index in [-0.39, 0.29) is 24.5 Å². The van der Waals surface area contributed by atoms with Crippen LogP contribution < -0.4 is 5.32 Å². The largest absolute Gasteiger partial charge is 0.394 e. The van der Waals surface area contributed by atoms with Gasteiger partial charge in [-0.25, -0.2) is 0 Å². The van der Waals surface area contributed by atoms with Gasteiger partial charge in [0.05, 0.1) is 19.3 Å². The second kappa shape index (κ2) is 8.68. The van der Waals surface area contributed by atoms with Crippen LogP contribution in [0, 0.1) is 5.92 Å². The highest BCUT2D eigenvalue weighted by atomic mass is 16.5. The average Bonchev–Trinajstić information content (AvgIpc) is 2.81. The Morgan fingerprint density at radius 1 is 1.60 bits per heavy atom. The van der Waals surface area contributed by atoms with Crippen LogP contribution in [-0.4, -0.2) is 36.9 Å². The zero-order valence-corrected chi connectivity index (χ0v) is 9.95. The van der Waals surface area contributed by atoms with Gasteiger partial charge < -0.3 is 15.2 Å². The molecule has 0 radical (unpaired) electrons. The summed E-state index contributed by atoms with van der Waals surface area (Å²) in [4.78, 5) is 11.1. The molecule has 0 aromatic carbocycles. The van der Waals surface area contributed by atoms with E-state index in [1.165, 1.54) is 0 Å². The fourth-order valence-electron chi connectivity index (χ4n) is 1.49. The zero-order chi connectivity index (χ0) is 11.7. The molecule has 1 aliphatic heterocycles. The van der Waals surface area contributed by atoms with Crippen molar-refractivity contribution in [3.63, 3.8) is 0 Å². The summed E-state index contributed by atoms with van der Waals surface area (Å²) in [7, 11) is 0. The van der Waals surface area contributed by atoms with Crippen molar-refractivity contribution in [1.29, 1.82) is 0 Å². The van der Waals surface area contributed by atoms with E-state index >= 15 is 0 Å². The van der Waals surface area contributed by atoms with E-state index < -0.39 is 0 Å². The lowest BCUT2D eigenvalue weighted by atomic mass is 10.00. The van der Waals surface area contributed by atoms with Gasteiger partial charge in [0.15, 0.2) is 0 Å². The molecule has 90 valence electrons. The molecular formula is C11H23NO3. The van der Waals surface area contributed by atoms with Gasteiger partial charge in [0.25, 0.3) is 0 Å². The van der Waals surface area contributed by atoms with Crippen molar-refractivity contribution in [3.8, 4) is 0 Å². The van der Waals surface area contributed by atoms with Crippen LogP contribution in [0.1, 0.15) is 33.6 Å². The lowest BCUT2D eigenvalue weighted by molar-refractivity contribution is -0.122. The van der Waals surface area contributed by atoms with Crippen LogP contribution in [0.4, 0.5) is 0 Å². The van der Waals surface area contributed by atoms with Gasteiger partial charge in [-0.15, -0.1) is 0 Å². The quantitative estimate of drug-likeness (QED) is 0.736. The first kappa shape index (κ1) is 14.4. The summed E-state index contributed by atoms with van der Waals surface area (Å²) in [5.74, 6) is 0.270. The normalized spacial score (nSPS) is 21.5. The summed E-state index contributed by atoms with van der Waals surface area (Å²) in [6.45, 7) is 7.19. The third kappa shape index (κ3) is 5.14. The Balaban J connectivity index is 0.000000921. The highest BCUT2D eigenvalue weighted by Crippen LogP contribution is 2.16. The molecule has 1 amide bonds. The number of amides is 1. The van der Waals surface area contributed by atoms with E-state index in [1.807, 2.05) is 13.8 Å². The van der Waals surface area contributed by atoms with E-state index in [2.05, 4.69) is 5.32 Å². The molecule has 4 nitrogen and oxygen atoms in total. The fourth-order valence-corrected chi connectivity index (χ4v) is 1.49. The van der Waals surface area contributed by atoms with Crippen molar-refractivity contribution in [2.75, 3.05) is 19.8 Å². The summed E-state index contributed by atoms with van der Waals surface area (Å²) < 4.78 is 5.19. The van der Waals surface area contributed by atoms with Gasteiger partial charge in [0.2, 0.25) is 5.91 Å². The van der Waals surface area contributed by atoms with Crippen molar-refractivity contribution in [3.05, 3.63) is 0 Å². The van der Waals surface area contributed by atoms with E-state index in [4.69, 9.17) is 9.84 Å². The van der Waals surface area contributed by atoms with Crippen LogP contribution in [0.15, 0.2) is 0 Å². The molecular weight excluding hydrogens is 194 g/mol. The standard InChI is InChI=1S/C9H17NO3.C2H6/c1-2-9(12)10-8(5-11)7-3-4-13-6-7;1-2/h7-8,11H,2-6H2,1H3,(H,10,12);1-2H3. The predicted molar refractivity (Wildman–Crippen MR) is 59.6 cm³/mol. The Hall–Kier alpha value is -0.610. The molecule has 0 aromatic heterocycles. The Labute approximate surface area is 92.0 Å². The van der Waals surface area contributed by atoms with Crippen LogP contribution in [0.5, 0.6) is 0 Å². The Morgan fingerprint density at radius 3 is 2.67 bits per heavy atom.